The second-order valence-electron chi connectivity index (χ2n) is 5.54. The monoisotopic (exact) mass is 262 g/mol. The molecular weight excluding hydrogens is 236 g/mol. The van der Waals surface area contributed by atoms with Crippen molar-refractivity contribution in [3.8, 4) is 0 Å². The minimum Gasteiger partial charge on any atom is -0.381 e. The van der Waals surface area contributed by atoms with Gasteiger partial charge in [0.15, 0.2) is 0 Å². The maximum Gasteiger partial charge on any atom is 0.0469 e. The van der Waals surface area contributed by atoms with Crippen molar-refractivity contribution in [3.05, 3.63) is 29.6 Å². The Morgan fingerprint density at radius 1 is 1.37 bits per heavy atom. The van der Waals surface area contributed by atoms with Crippen molar-refractivity contribution < 1.29 is 4.74 Å². The fourth-order valence-corrected chi connectivity index (χ4v) is 2.70. The first kappa shape index (κ1) is 14.5. The van der Waals surface area contributed by atoms with E-state index >= 15 is 0 Å². The molecule has 1 N–H and O–H groups in total. The number of hydrogen-bond acceptors (Lipinski definition) is 3. The zero-order chi connectivity index (χ0) is 13.5. The summed E-state index contributed by atoms with van der Waals surface area (Å²) >= 11 is 0. The van der Waals surface area contributed by atoms with E-state index in [9.17, 15) is 0 Å². The van der Waals surface area contributed by atoms with Crippen LogP contribution in [0.5, 0.6) is 0 Å². The molecular formula is C16H26N2O. The summed E-state index contributed by atoms with van der Waals surface area (Å²) in [5, 5.41) is 3.71. The van der Waals surface area contributed by atoms with Crippen LogP contribution >= 0.6 is 0 Å². The van der Waals surface area contributed by atoms with E-state index in [-0.39, 0.29) is 0 Å². The van der Waals surface area contributed by atoms with Gasteiger partial charge in [-0.2, -0.15) is 0 Å². The number of ether oxygens (including phenoxy) is 1. The number of pyridine rings is 1. The Morgan fingerprint density at radius 3 is 2.79 bits per heavy atom. The highest BCUT2D eigenvalue weighted by Crippen LogP contribution is 2.21. The van der Waals surface area contributed by atoms with Crippen LogP contribution in [0.3, 0.4) is 0 Å². The molecule has 0 saturated carbocycles. The summed E-state index contributed by atoms with van der Waals surface area (Å²) in [5.74, 6) is 0.725. The average molecular weight is 262 g/mol. The van der Waals surface area contributed by atoms with Crippen molar-refractivity contribution in [2.45, 2.75) is 45.6 Å². The van der Waals surface area contributed by atoms with Gasteiger partial charge in [0.05, 0.1) is 0 Å². The molecule has 1 atom stereocenters. The van der Waals surface area contributed by atoms with Crippen LogP contribution in [0.25, 0.3) is 0 Å². The van der Waals surface area contributed by atoms with E-state index < -0.39 is 0 Å². The third kappa shape index (κ3) is 4.59. The molecule has 1 aliphatic rings. The van der Waals surface area contributed by atoms with Gasteiger partial charge in [-0.1, -0.05) is 13.0 Å². The second-order valence-corrected chi connectivity index (χ2v) is 5.54. The molecule has 0 amide bonds. The van der Waals surface area contributed by atoms with E-state index in [1.807, 2.05) is 6.20 Å². The van der Waals surface area contributed by atoms with Crippen molar-refractivity contribution in [1.82, 2.24) is 10.3 Å². The summed E-state index contributed by atoms with van der Waals surface area (Å²) < 4.78 is 5.48. The van der Waals surface area contributed by atoms with Gasteiger partial charge in [-0.3, -0.25) is 4.98 Å². The first-order valence-electron chi connectivity index (χ1n) is 7.52. The Labute approximate surface area is 116 Å². The first-order valence-corrected chi connectivity index (χ1v) is 7.52. The molecule has 3 heteroatoms. The molecule has 2 rings (SSSR count). The molecule has 2 heterocycles. The lowest BCUT2D eigenvalue weighted by Gasteiger charge is -2.31. The average Bonchev–Trinajstić information content (AvgIpc) is 2.46. The molecule has 0 aliphatic carbocycles. The number of hydrogen-bond donors (Lipinski definition) is 1. The highest BCUT2D eigenvalue weighted by atomic mass is 16.5. The molecule has 19 heavy (non-hydrogen) atoms. The van der Waals surface area contributed by atoms with Crippen molar-refractivity contribution >= 4 is 0 Å². The summed E-state index contributed by atoms with van der Waals surface area (Å²) in [7, 11) is 0. The van der Waals surface area contributed by atoms with Crippen molar-refractivity contribution in [1.29, 1.82) is 0 Å². The SMILES string of the molecule is CCCNC(Cc1ccc(C)cn1)C1CCOCC1. The zero-order valence-electron chi connectivity index (χ0n) is 12.2. The largest absolute Gasteiger partial charge is 0.381 e. The summed E-state index contributed by atoms with van der Waals surface area (Å²) in [6.07, 6.45) is 6.53. The number of nitrogens with zero attached hydrogens (tertiary/aromatic N) is 1. The molecule has 1 unspecified atom stereocenters. The van der Waals surface area contributed by atoms with E-state index in [0.29, 0.717) is 6.04 Å². The second kappa shape index (κ2) is 7.61. The van der Waals surface area contributed by atoms with E-state index in [4.69, 9.17) is 4.74 Å². The van der Waals surface area contributed by atoms with E-state index in [1.165, 1.54) is 30.5 Å². The fraction of sp³-hybridized carbons (Fsp3) is 0.688. The van der Waals surface area contributed by atoms with Crippen molar-refractivity contribution in [2.24, 2.45) is 5.92 Å². The van der Waals surface area contributed by atoms with Gasteiger partial charge in [-0.05, 0) is 50.3 Å². The van der Waals surface area contributed by atoms with Gasteiger partial charge in [0.25, 0.3) is 0 Å². The van der Waals surface area contributed by atoms with Gasteiger partial charge in [0.2, 0.25) is 0 Å². The van der Waals surface area contributed by atoms with Crippen molar-refractivity contribution in [2.75, 3.05) is 19.8 Å². The minimum atomic E-state index is 0.541. The molecule has 106 valence electrons. The molecule has 1 aromatic heterocycles. The number of aryl methyl sites for hydroxylation is 1. The van der Waals surface area contributed by atoms with E-state index in [1.54, 1.807) is 0 Å². The van der Waals surface area contributed by atoms with Gasteiger partial charge < -0.3 is 10.1 Å². The Bertz CT molecular complexity index is 358. The first-order chi connectivity index (χ1) is 9.29. The summed E-state index contributed by atoms with van der Waals surface area (Å²) in [6.45, 7) is 7.22. The highest BCUT2D eigenvalue weighted by Gasteiger charge is 2.23. The van der Waals surface area contributed by atoms with Crippen LogP contribution in [0, 0.1) is 12.8 Å². The van der Waals surface area contributed by atoms with Gasteiger partial charge in [-0.25, -0.2) is 0 Å². The molecule has 1 saturated heterocycles. The van der Waals surface area contributed by atoms with Crippen LogP contribution in [-0.4, -0.2) is 30.8 Å². The van der Waals surface area contributed by atoms with Crippen molar-refractivity contribution in [3.63, 3.8) is 0 Å². The third-order valence-electron chi connectivity index (χ3n) is 3.89. The van der Waals surface area contributed by atoms with Gasteiger partial charge in [0, 0.05) is 37.6 Å². The molecule has 1 aliphatic heterocycles. The van der Waals surface area contributed by atoms with Gasteiger partial charge >= 0.3 is 0 Å². The summed E-state index contributed by atoms with van der Waals surface area (Å²) in [6, 6.07) is 4.86. The lowest BCUT2D eigenvalue weighted by atomic mass is 9.88. The molecule has 0 radical (unpaired) electrons. The Balaban J connectivity index is 1.97. The lowest BCUT2D eigenvalue weighted by Crippen LogP contribution is -2.41. The zero-order valence-corrected chi connectivity index (χ0v) is 12.2. The number of rotatable bonds is 6. The van der Waals surface area contributed by atoms with Gasteiger partial charge in [0.1, 0.15) is 0 Å². The van der Waals surface area contributed by atoms with Crippen LogP contribution in [0.4, 0.5) is 0 Å². The van der Waals surface area contributed by atoms with E-state index in [0.717, 1.165) is 32.1 Å². The minimum absolute atomic E-state index is 0.541. The Hall–Kier alpha value is -0.930. The normalized spacial score (nSPS) is 18.4. The van der Waals surface area contributed by atoms with Crippen LogP contribution in [-0.2, 0) is 11.2 Å². The summed E-state index contributed by atoms with van der Waals surface area (Å²) in [5.41, 5.74) is 2.43. The number of nitrogens with one attached hydrogen (secondary N) is 1. The lowest BCUT2D eigenvalue weighted by molar-refractivity contribution is 0.0536. The number of aromatic nitrogens is 1. The third-order valence-corrected chi connectivity index (χ3v) is 3.89. The molecule has 0 bridgehead atoms. The molecule has 1 fully saturated rings. The standard InChI is InChI=1S/C16H26N2O/c1-3-8-17-16(14-6-9-19-10-7-14)11-15-5-4-13(2)12-18-15/h4-5,12,14,16-17H,3,6-11H2,1-2H3. The predicted octanol–water partition coefficient (Wildman–Crippen LogP) is 2.73. The van der Waals surface area contributed by atoms with Crippen LogP contribution < -0.4 is 5.32 Å². The van der Waals surface area contributed by atoms with Crippen LogP contribution in [0.2, 0.25) is 0 Å². The predicted molar refractivity (Wildman–Crippen MR) is 78.3 cm³/mol. The Morgan fingerprint density at radius 2 is 2.16 bits per heavy atom. The maximum atomic E-state index is 5.48. The smallest absolute Gasteiger partial charge is 0.0469 e. The van der Waals surface area contributed by atoms with Crippen LogP contribution in [0.15, 0.2) is 18.3 Å². The summed E-state index contributed by atoms with van der Waals surface area (Å²) in [4.78, 5) is 4.55. The Kier molecular flexibility index (Phi) is 5.80. The maximum absolute atomic E-state index is 5.48. The molecule has 3 nitrogen and oxygen atoms in total. The molecule has 0 aromatic carbocycles. The molecule has 1 aromatic rings. The van der Waals surface area contributed by atoms with Gasteiger partial charge in [-0.15, -0.1) is 0 Å². The fourth-order valence-electron chi connectivity index (χ4n) is 2.70. The highest BCUT2D eigenvalue weighted by molar-refractivity contribution is 5.13. The quantitative estimate of drug-likeness (QED) is 0.856. The molecule has 0 spiro atoms. The topological polar surface area (TPSA) is 34.2 Å². The van der Waals surface area contributed by atoms with Crippen LogP contribution in [0.1, 0.15) is 37.4 Å². The van der Waals surface area contributed by atoms with E-state index in [2.05, 4.69) is 36.3 Å².